The highest BCUT2D eigenvalue weighted by atomic mass is 16.2. The largest absolute Gasteiger partial charge is 0.354 e. The minimum absolute atomic E-state index is 0.0743. The molecule has 1 rings (SSSR count). The van der Waals surface area contributed by atoms with Crippen molar-refractivity contribution in [2.45, 2.75) is 65.7 Å². The Hall–Kier alpha value is -1.04. The number of hydrogen-bond donors (Lipinski definition) is 1. The van der Waals surface area contributed by atoms with Crippen molar-refractivity contribution in [3.05, 3.63) is 0 Å². The van der Waals surface area contributed by atoms with Gasteiger partial charge in [0.2, 0.25) is 5.91 Å². The molecule has 1 saturated carbocycles. The zero-order valence-corrected chi connectivity index (χ0v) is 12.0. The highest BCUT2D eigenvalue weighted by Crippen LogP contribution is 2.40. The van der Waals surface area contributed by atoms with Crippen LogP contribution in [0.4, 0.5) is 0 Å². The first kappa shape index (κ1) is 15.0. The average molecular weight is 250 g/mol. The Kier molecular flexibility index (Phi) is 5.19. The summed E-state index contributed by atoms with van der Waals surface area (Å²) in [6, 6.07) is 2.21. The lowest BCUT2D eigenvalue weighted by atomic mass is 9.80. The van der Waals surface area contributed by atoms with E-state index in [4.69, 9.17) is 0 Å². The van der Waals surface area contributed by atoms with E-state index in [9.17, 15) is 10.1 Å². The van der Waals surface area contributed by atoms with E-state index in [0.29, 0.717) is 18.3 Å². The highest BCUT2D eigenvalue weighted by Gasteiger charge is 2.38. The Morgan fingerprint density at radius 2 is 1.83 bits per heavy atom. The first-order valence-corrected chi connectivity index (χ1v) is 7.27. The monoisotopic (exact) mass is 250 g/mol. The van der Waals surface area contributed by atoms with Crippen molar-refractivity contribution in [1.82, 2.24) is 5.32 Å². The molecule has 0 aromatic carbocycles. The summed E-state index contributed by atoms with van der Waals surface area (Å²) in [5.41, 5.74) is -0.536. The predicted molar refractivity (Wildman–Crippen MR) is 72.8 cm³/mol. The van der Waals surface area contributed by atoms with Crippen LogP contribution in [0.2, 0.25) is 0 Å². The van der Waals surface area contributed by atoms with Gasteiger partial charge in [0.25, 0.3) is 0 Å². The summed E-state index contributed by atoms with van der Waals surface area (Å²) in [6.45, 7) is 6.77. The van der Waals surface area contributed by atoms with E-state index >= 15 is 0 Å². The van der Waals surface area contributed by atoms with Gasteiger partial charge in [0, 0.05) is 6.54 Å². The lowest BCUT2D eigenvalue weighted by Crippen LogP contribution is -2.44. The topological polar surface area (TPSA) is 52.9 Å². The zero-order chi connectivity index (χ0) is 13.6. The van der Waals surface area contributed by atoms with Gasteiger partial charge < -0.3 is 5.32 Å². The second-order valence-corrected chi connectivity index (χ2v) is 5.64. The van der Waals surface area contributed by atoms with Crippen LogP contribution < -0.4 is 5.32 Å². The fraction of sp³-hybridized carbons (Fsp3) is 0.867. The molecule has 0 atom stereocenters. The third-order valence-corrected chi connectivity index (χ3v) is 4.89. The van der Waals surface area contributed by atoms with Crippen LogP contribution in [0.5, 0.6) is 0 Å². The lowest BCUT2D eigenvalue weighted by molar-refractivity contribution is -0.129. The van der Waals surface area contributed by atoms with Gasteiger partial charge in [-0.15, -0.1) is 0 Å². The minimum Gasteiger partial charge on any atom is -0.354 e. The quantitative estimate of drug-likeness (QED) is 0.785. The van der Waals surface area contributed by atoms with Gasteiger partial charge in [0.05, 0.1) is 6.07 Å². The van der Waals surface area contributed by atoms with Crippen molar-refractivity contribution in [3.63, 3.8) is 0 Å². The predicted octanol–water partition coefficient (Wildman–Crippen LogP) is 3.40. The summed E-state index contributed by atoms with van der Waals surface area (Å²) in [7, 11) is 0. The van der Waals surface area contributed by atoms with Crippen LogP contribution >= 0.6 is 0 Å². The van der Waals surface area contributed by atoms with Gasteiger partial charge in [-0.05, 0) is 37.5 Å². The number of nitrogens with zero attached hydrogens (tertiary/aromatic N) is 1. The maximum Gasteiger partial charge on any atom is 0.240 e. The van der Waals surface area contributed by atoms with Crippen LogP contribution in [0.3, 0.4) is 0 Å². The van der Waals surface area contributed by atoms with Crippen LogP contribution in [0.1, 0.15) is 65.7 Å². The SMILES string of the molecule is CCC1(CNC(=O)C(C#N)(CC)CC)CCCC1. The second-order valence-electron chi connectivity index (χ2n) is 5.64. The molecule has 0 aromatic heterocycles. The zero-order valence-electron chi connectivity index (χ0n) is 12.0. The Morgan fingerprint density at radius 3 is 2.22 bits per heavy atom. The Balaban J connectivity index is 2.62. The van der Waals surface area contributed by atoms with Gasteiger partial charge >= 0.3 is 0 Å². The molecule has 18 heavy (non-hydrogen) atoms. The van der Waals surface area contributed by atoms with Crippen LogP contribution in [-0.2, 0) is 4.79 Å². The van der Waals surface area contributed by atoms with Gasteiger partial charge in [0.15, 0.2) is 0 Å². The van der Waals surface area contributed by atoms with E-state index in [2.05, 4.69) is 18.3 Å². The van der Waals surface area contributed by atoms with Crippen molar-refractivity contribution in [2.75, 3.05) is 6.54 Å². The molecule has 0 radical (unpaired) electrons. The highest BCUT2D eigenvalue weighted by molar-refractivity contribution is 5.85. The summed E-state index contributed by atoms with van der Waals surface area (Å²) in [6.07, 6.45) is 7.26. The fourth-order valence-electron chi connectivity index (χ4n) is 3.00. The van der Waals surface area contributed by atoms with Crippen LogP contribution in [0.25, 0.3) is 0 Å². The Labute approximate surface area is 111 Å². The minimum atomic E-state index is -0.826. The first-order valence-electron chi connectivity index (χ1n) is 7.27. The molecule has 1 amide bonds. The summed E-state index contributed by atoms with van der Waals surface area (Å²) in [5.74, 6) is -0.0743. The number of nitriles is 1. The van der Waals surface area contributed by atoms with Crippen LogP contribution in [0, 0.1) is 22.2 Å². The molecule has 0 bridgehead atoms. The number of amides is 1. The summed E-state index contributed by atoms with van der Waals surface area (Å²) < 4.78 is 0. The van der Waals surface area contributed by atoms with Crippen molar-refractivity contribution in [3.8, 4) is 6.07 Å². The Morgan fingerprint density at radius 1 is 1.28 bits per heavy atom. The van der Waals surface area contributed by atoms with Gasteiger partial charge in [-0.25, -0.2) is 0 Å². The van der Waals surface area contributed by atoms with Gasteiger partial charge in [-0.3, -0.25) is 4.79 Å². The maximum absolute atomic E-state index is 12.2. The maximum atomic E-state index is 12.2. The van der Waals surface area contributed by atoms with E-state index in [1.54, 1.807) is 0 Å². The smallest absolute Gasteiger partial charge is 0.240 e. The number of carbonyl (C=O) groups excluding carboxylic acids is 1. The molecule has 1 fully saturated rings. The molecule has 0 spiro atoms. The molecule has 1 N–H and O–H groups in total. The molecule has 1 aliphatic rings. The third-order valence-electron chi connectivity index (χ3n) is 4.89. The molecule has 0 aromatic rings. The molecule has 3 heteroatoms. The van der Waals surface area contributed by atoms with Gasteiger partial charge in [-0.2, -0.15) is 5.26 Å². The molecular weight excluding hydrogens is 224 g/mol. The molecule has 102 valence electrons. The molecule has 0 saturated heterocycles. The Bertz CT molecular complexity index is 320. The van der Waals surface area contributed by atoms with Crippen molar-refractivity contribution < 1.29 is 4.79 Å². The van der Waals surface area contributed by atoms with Crippen LogP contribution in [-0.4, -0.2) is 12.5 Å². The summed E-state index contributed by atoms with van der Waals surface area (Å²) in [4.78, 5) is 12.2. The van der Waals surface area contributed by atoms with Crippen molar-refractivity contribution in [1.29, 1.82) is 5.26 Å². The number of nitrogens with one attached hydrogen (secondary N) is 1. The molecular formula is C15H26N2O. The second kappa shape index (κ2) is 6.22. The van der Waals surface area contributed by atoms with E-state index < -0.39 is 5.41 Å². The summed E-state index contributed by atoms with van der Waals surface area (Å²) in [5, 5.41) is 12.3. The van der Waals surface area contributed by atoms with Gasteiger partial charge in [0.1, 0.15) is 5.41 Å². The molecule has 0 unspecified atom stereocenters. The van der Waals surface area contributed by atoms with E-state index in [0.717, 1.165) is 13.0 Å². The third kappa shape index (κ3) is 2.85. The standard InChI is InChI=1S/C15H26N2O/c1-4-14(9-7-8-10-14)12-17-13(18)15(5-2,6-3)11-16/h4-10,12H2,1-3H3,(H,17,18). The van der Waals surface area contributed by atoms with Crippen molar-refractivity contribution >= 4 is 5.91 Å². The molecule has 3 nitrogen and oxygen atoms in total. The fourth-order valence-corrected chi connectivity index (χ4v) is 3.00. The molecule has 0 heterocycles. The van der Waals surface area contributed by atoms with E-state index in [-0.39, 0.29) is 5.91 Å². The van der Waals surface area contributed by atoms with E-state index in [1.165, 1.54) is 25.7 Å². The lowest BCUT2D eigenvalue weighted by Gasteiger charge is -2.30. The molecule has 1 aliphatic carbocycles. The number of rotatable bonds is 6. The normalized spacial score (nSPS) is 18.3. The van der Waals surface area contributed by atoms with E-state index in [1.807, 2.05) is 13.8 Å². The average Bonchev–Trinajstić information content (AvgIpc) is 2.88. The number of carbonyl (C=O) groups is 1. The van der Waals surface area contributed by atoms with Crippen LogP contribution in [0.15, 0.2) is 0 Å². The molecule has 0 aliphatic heterocycles. The van der Waals surface area contributed by atoms with Gasteiger partial charge in [-0.1, -0.05) is 33.6 Å². The van der Waals surface area contributed by atoms with Crippen molar-refractivity contribution in [2.24, 2.45) is 10.8 Å². The first-order chi connectivity index (χ1) is 8.58. The summed E-state index contributed by atoms with van der Waals surface area (Å²) >= 11 is 0. The number of hydrogen-bond acceptors (Lipinski definition) is 2.